The number of carbonyl (C=O) groups excluding carboxylic acids is 3. The van der Waals surface area contributed by atoms with Crippen LogP contribution in [0.1, 0.15) is 21.0 Å². The largest absolute Gasteiger partial charge is 0.464 e. The van der Waals surface area contributed by atoms with Crippen molar-refractivity contribution in [2.45, 2.75) is 6.54 Å². The van der Waals surface area contributed by atoms with Gasteiger partial charge < -0.3 is 14.8 Å². The van der Waals surface area contributed by atoms with Crippen LogP contribution >= 0.6 is 0 Å². The van der Waals surface area contributed by atoms with E-state index in [-0.39, 0.29) is 11.4 Å². The van der Waals surface area contributed by atoms with Gasteiger partial charge in [0.05, 0.1) is 14.2 Å². The van der Waals surface area contributed by atoms with Gasteiger partial charge in [-0.1, -0.05) is 5.21 Å². The lowest BCUT2D eigenvalue weighted by molar-refractivity contribution is -0.116. The Hall–Kier alpha value is -3.30. The molecule has 10 heteroatoms. The number of carbonyl (C=O) groups is 3. The molecule has 0 spiro atoms. The van der Waals surface area contributed by atoms with Gasteiger partial charge in [-0.3, -0.25) is 4.79 Å². The summed E-state index contributed by atoms with van der Waals surface area (Å²) >= 11 is 0. The number of aromatic nitrogens is 3. The van der Waals surface area contributed by atoms with Gasteiger partial charge in [-0.05, 0) is 24.3 Å². The molecule has 24 heavy (non-hydrogen) atoms. The second-order valence-corrected chi connectivity index (χ2v) is 4.48. The van der Waals surface area contributed by atoms with Gasteiger partial charge in [-0.25, -0.2) is 18.7 Å². The number of halogens is 1. The standard InChI is InChI=1S/C14H13FN4O5/c1-23-13(21)11-12(14(22)24-2)19(18-17-11)7-10(20)16-9-5-3-8(15)4-6-9/h3-6H,7H2,1-2H3,(H,16,20). The number of hydrogen-bond acceptors (Lipinski definition) is 7. The van der Waals surface area contributed by atoms with Gasteiger partial charge in [0.2, 0.25) is 11.6 Å². The highest BCUT2D eigenvalue weighted by Crippen LogP contribution is 2.11. The van der Waals surface area contributed by atoms with Gasteiger partial charge in [-0.15, -0.1) is 5.10 Å². The highest BCUT2D eigenvalue weighted by molar-refractivity contribution is 6.01. The number of esters is 2. The first-order chi connectivity index (χ1) is 11.5. The molecule has 1 amide bonds. The molecule has 1 N–H and O–H groups in total. The molecule has 2 aromatic rings. The molecule has 0 aliphatic rings. The summed E-state index contributed by atoms with van der Waals surface area (Å²) in [5, 5.41) is 9.62. The summed E-state index contributed by atoms with van der Waals surface area (Å²) in [6.07, 6.45) is 0. The molecule has 0 fully saturated rings. The zero-order valence-electron chi connectivity index (χ0n) is 12.8. The average Bonchev–Trinajstić information content (AvgIpc) is 2.98. The van der Waals surface area contributed by atoms with Gasteiger partial charge in [0.15, 0.2) is 5.69 Å². The summed E-state index contributed by atoms with van der Waals surface area (Å²) in [6.45, 7) is -0.411. The minimum Gasteiger partial charge on any atom is -0.464 e. The highest BCUT2D eigenvalue weighted by atomic mass is 19.1. The normalized spacial score (nSPS) is 10.1. The molecule has 1 aromatic heterocycles. The van der Waals surface area contributed by atoms with Crippen LogP contribution in [0.4, 0.5) is 10.1 Å². The molecule has 1 aromatic carbocycles. The number of anilines is 1. The predicted octanol–water partition coefficient (Wildman–Crippen LogP) is 0.629. The van der Waals surface area contributed by atoms with E-state index in [2.05, 4.69) is 25.1 Å². The lowest BCUT2D eigenvalue weighted by Gasteiger charge is -2.07. The van der Waals surface area contributed by atoms with Crippen molar-refractivity contribution in [1.29, 1.82) is 0 Å². The van der Waals surface area contributed by atoms with Crippen LogP contribution in [0.3, 0.4) is 0 Å². The zero-order chi connectivity index (χ0) is 17.7. The van der Waals surface area contributed by atoms with Crippen LogP contribution in [0.2, 0.25) is 0 Å². The van der Waals surface area contributed by atoms with Gasteiger partial charge >= 0.3 is 11.9 Å². The first-order valence-corrected chi connectivity index (χ1v) is 6.61. The molecular formula is C14H13FN4O5. The third-order valence-corrected chi connectivity index (χ3v) is 2.91. The monoisotopic (exact) mass is 336 g/mol. The number of benzene rings is 1. The molecule has 126 valence electrons. The number of amides is 1. The summed E-state index contributed by atoms with van der Waals surface area (Å²) < 4.78 is 22.8. The number of nitrogens with one attached hydrogen (secondary N) is 1. The summed E-state index contributed by atoms with van der Waals surface area (Å²) in [7, 11) is 2.23. The first kappa shape index (κ1) is 17.1. The van der Waals surface area contributed by atoms with Crippen molar-refractivity contribution in [3.63, 3.8) is 0 Å². The molecule has 0 unspecified atom stereocenters. The summed E-state index contributed by atoms with van der Waals surface area (Å²) in [5.74, 6) is -2.79. The molecule has 0 atom stereocenters. The van der Waals surface area contributed by atoms with Crippen LogP contribution < -0.4 is 5.32 Å². The smallest absolute Gasteiger partial charge is 0.361 e. The maximum Gasteiger partial charge on any atom is 0.361 e. The molecular weight excluding hydrogens is 323 g/mol. The van der Waals surface area contributed by atoms with Crippen molar-refractivity contribution in [2.24, 2.45) is 0 Å². The van der Waals surface area contributed by atoms with Gasteiger partial charge in [0.1, 0.15) is 12.4 Å². The molecule has 0 saturated heterocycles. The number of nitrogens with zero attached hydrogens (tertiary/aromatic N) is 3. The van der Waals surface area contributed by atoms with Gasteiger partial charge in [0, 0.05) is 5.69 Å². The third kappa shape index (κ3) is 3.72. The summed E-state index contributed by atoms with van der Waals surface area (Å²) in [4.78, 5) is 35.4. The van der Waals surface area contributed by atoms with Crippen molar-refractivity contribution in [3.8, 4) is 0 Å². The molecule has 1 heterocycles. The van der Waals surface area contributed by atoms with Gasteiger partial charge in [-0.2, -0.15) is 0 Å². The van der Waals surface area contributed by atoms with E-state index in [1.165, 1.54) is 24.3 Å². The quantitative estimate of drug-likeness (QED) is 0.797. The van der Waals surface area contributed by atoms with E-state index in [0.29, 0.717) is 5.69 Å². The highest BCUT2D eigenvalue weighted by Gasteiger charge is 2.27. The SMILES string of the molecule is COC(=O)c1nnn(CC(=O)Nc2ccc(F)cc2)c1C(=O)OC. The lowest BCUT2D eigenvalue weighted by Crippen LogP contribution is -2.23. The van der Waals surface area contributed by atoms with Crippen molar-refractivity contribution in [1.82, 2.24) is 15.0 Å². The van der Waals surface area contributed by atoms with Crippen LogP contribution in [0.5, 0.6) is 0 Å². The average molecular weight is 336 g/mol. The molecule has 0 radical (unpaired) electrons. The maximum atomic E-state index is 12.8. The topological polar surface area (TPSA) is 112 Å². The Morgan fingerprint density at radius 1 is 1.12 bits per heavy atom. The van der Waals surface area contributed by atoms with E-state index in [0.717, 1.165) is 18.9 Å². The fourth-order valence-electron chi connectivity index (χ4n) is 1.83. The van der Waals surface area contributed by atoms with Crippen LogP contribution in [0, 0.1) is 5.82 Å². The van der Waals surface area contributed by atoms with E-state index in [9.17, 15) is 18.8 Å². The van der Waals surface area contributed by atoms with Crippen molar-refractivity contribution < 1.29 is 28.2 Å². The maximum absolute atomic E-state index is 12.8. The number of rotatable bonds is 5. The second-order valence-electron chi connectivity index (χ2n) is 4.48. The molecule has 0 aliphatic heterocycles. The molecule has 0 bridgehead atoms. The van der Waals surface area contributed by atoms with Crippen molar-refractivity contribution in [2.75, 3.05) is 19.5 Å². The Bertz CT molecular complexity index is 772. The van der Waals surface area contributed by atoms with E-state index in [4.69, 9.17) is 0 Å². The van der Waals surface area contributed by atoms with E-state index < -0.39 is 30.2 Å². The lowest BCUT2D eigenvalue weighted by atomic mass is 10.3. The Morgan fingerprint density at radius 2 is 1.75 bits per heavy atom. The Labute approximate surface area is 135 Å². The molecule has 0 aliphatic carbocycles. The zero-order valence-corrected chi connectivity index (χ0v) is 12.8. The Kier molecular flexibility index (Phi) is 5.20. The molecule has 9 nitrogen and oxygen atoms in total. The summed E-state index contributed by atoms with van der Waals surface area (Å²) in [5.41, 5.74) is -0.313. The molecule has 0 saturated carbocycles. The second kappa shape index (κ2) is 7.31. The summed E-state index contributed by atoms with van der Waals surface area (Å²) in [6, 6.07) is 5.10. The van der Waals surface area contributed by atoms with E-state index in [1.807, 2.05) is 0 Å². The van der Waals surface area contributed by atoms with Crippen LogP contribution in [-0.4, -0.2) is 47.1 Å². The Morgan fingerprint density at radius 3 is 2.33 bits per heavy atom. The van der Waals surface area contributed by atoms with Crippen LogP contribution in [0.25, 0.3) is 0 Å². The minimum absolute atomic E-state index is 0.307. The predicted molar refractivity (Wildman–Crippen MR) is 77.7 cm³/mol. The minimum atomic E-state index is -0.894. The Balaban J connectivity index is 2.20. The fraction of sp³-hybridized carbons (Fsp3) is 0.214. The first-order valence-electron chi connectivity index (χ1n) is 6.61. The molecule has 2 rings (SSSR count). The number of ether oxygens (including phenoxy) is 2. The van der Waals surface area contributed by atoms with Crippen molar-refractivity contribution >= 4 is 23.5 Å². The van der Waals surface area contributed by atoms with E-state index in [1.54, 1.807) is 0 Å². The van der Waals surface area contributed by atoms with Crippen LogP contribution in [0.15, 0.2) is 24.3 Å². The van der Waals surface area contributed by atoms with E-state index >= 15 is 0 Å². The van der Waals surface area contributed by atoms with Crippen molar-refractivity contribution in [3.05, 3.63) is 41.5 Å². The van der Waals surface area contributed by atoms with Gasteiger partial charge in [0.25, 0.3) is 0 Å². The van der Waals surface area contributed by atoms with Crippen LogP contribution in [-0.2, 0) is 20.8 Å². The fourth-order valence-corrected chi connectivity index (χ4v) is 1.83. The number of hydrogen-bond donors (Lipinski definition) is 1. The number of methoxy groups -OCH3 is 2. The third-order valence-electron chi connectivity index (χ3n) is 2.91.